The molecule has 1 aliphatic rings. The molecular weight excluding hydrogens is 332 g/mol. The summed E-state index contributed by atoms with van der Waals surface area (Å²) in [7, 11) is 1.73. The number of pyridine rings is 1. The molecule has 1 aromatic carbocycles. The van der Waals surface area contributed by atoms with Crippen LogP contribution >= 0.6 is 0 Å². The second-order valence-corrected chi connectivity index (χ2v) is 7.82. The molecule has 3 rings (SSSR count). The fraction of sp³-hybridized carbons (Fsp3) is 0.583. The molecule has 1 radical (unpaired) electrons. The van der Waals surface area contributed by atoms with Gasteiger partial charge in [-0.3, -0.25) is 9.88 Å². The molecule has 1 aromatic heterocycles. The lowest BCUT2D eigenvalue weighted by Gasteiger charge is -2.30. The van der Waals surface area contributed by atoms with Gasteiger partial charge in [-0.15, -0.1) is 0 Å². The fourth-order valence-electron chi connectivity index (χ4n) is 4.20. The van der Waals surface area contributed by atoms with E-state index in [1.54, 1.807) is 7.11 Å². The van der Waals surface area contributed by atoms with E-state index >= 15 is 0 Å². The molecule has 1 unspecified atom stereocenters. The Kier molecular flexibility index (Phi) is 7.94. The molecular formula is C24H35N2O. The Morgan fingerprint density at radius 1 is 1.11 bits per heavy atom. The van der Waals surface area contributed by atoms with E-state index in [0.29, 0.717) is 6.04 Å². The van der Waals surface area contributed by atoms with E-state index in [0.717, 1.165) is 11.3 Å². The lowest BCUT2D eigenvalue weighted by Crippen LogP contribution is -2.36. The van der Waals surface area contributed by atoms with Crippen LogP contribution in [-0.2, 0) is 0 Å². The molecule has 0 saturated carbocycles. The number of fused-ring (bicyclic) bond motifs is 1. The van der Waals surface area contributed by atoms with E-state index in [1.807, 2.05) is 12.3 Å². The summed E-state index contributed by atoms with van der Waals surface area (Å²) >= 11 is 0. The van der Waals surface area contributed by atoms with Crippen molar-refractivity contribution in [3.63, 3.8) is 0 Å². The Labute approximate surface area is 165 Å². The molecule has 2 heterocycles. The first-order chi connectivity index (χ1) is 13.3. The van der Waals surface area contributed by atoms with E-state index < -0.39 is 0 Å². The predicted octanol–water partition coefficient (Wildman–Crippen LogP) is 6.01. The maximum Gasteiger partial charge on any atom is 0.119 e. The van der Waals surface area contributed by atoms with Gasteiger partial charge in [0.1, 0.15) is 5.75 Å². The van der Waals surface area contributed by atoms with E-state index in [1.165, 1.54) is 81.8 Å². The zero-order valence-corrected chi connectivity index (χ0v) is 17.1. The number of aromatic nitrogens is 1. The summed E-state index contributed by atoms with van der Waals surface area (Å²) in [6.07, 6.45) is 16.5. The first kappa shape index (κ1) is 20.1. The average molecular weight is 368 g/mol. The third-order valence-electron chi connectivity index (χ3n) is 5.82. The minimum absolute atomic E-state index is 0.537. The average Bonchev–Trinajstić information content (AvgIpc) is 2.93. The van der Waals surface area contributed by atoms with Crippen LogP contribution < -0.4 is 4.74 Å². The summed E-state index contributed by atoms with van der Waals surface area (Å²) in [6.45, 7) is 4.76. The third kappa shape index (κ3) is 5.68. The van der Waals surface area contributed by atoms with E-state index in [4.69, 9.17) is 4.74 Å². The van der Waals surface area contributed by atoms with Crippen LogP contribution in [0.4, 0.5) is 0 Å². The first-order valence-corrected chi connectivity index (χ1v) is 10.8. The van der Waals surface area contributed by atoms with Crippen LogP contribution in [0.5, 0.6) is 5.75 Å². The molecule has 3 nitrogen and oxygen atoms in total. The highest BCUT2D eigenvalue weighted by Crippen LogP contribution is 2.28. The minimum atomic E-state index is 0.537. The van der Waals surface area contributed by atoms with Crippen LogP contribution in [-0.4, -0.2) is 36.1 Å². The highest BCUT2D eigenvalue weighted by molar-refractivity contribution is 5.84. The minimum Gasteiger partial charge on any atom is -0.497 e. The summed E-state index contributed by atoms with van der Waals surface area (Å²) in [5.74, 6) is 0.902. The quantitative estimate of drug-likeness (QED) is 0.507. The molecule has 0 N–H and O–H groups in total. The van der Waals surface area contributed by atoms with Crippen LogP contribution in [0.15, 0.2) is 30.5 Å². The Morgan fingerprint density at radius 2 is 2.00 bits per heavy atom. The van der Waals surface area contributed by atoms with E-state index in [-0.39, 0.29) is 0 Å². The van der Waals surface area contributed by atoms with Gasteiger partial charge >= 0.3 is 0 Å². The van der Waals surface area contributed by atoms with Crippen LogP contribution in [0, 0.1) is 6.42 Å². The molecule has 27 heavy (non-hydrogen) atoms. The van der Waals surface area contributed by atoms with Crippen LogP contribution in [0.2, 0.25) is 0 Å². The van der Waals surface area contributed by atoms with Crippen molar-refractivity contribution in [3.8, 4) is 5.75 Å². The van der Waals surface area contributed by atoms with E-state index in [9.17, 15) is 0 Å². The highest BCUT2D eigenvalue weighted by Gasteiger charge is 2.22. The number of nitrogens with zero attached hydrogens (tertiary/aromatic N) is 2. The number of hydrogen-bond donors (Lipinski definition) is 0. The third-order valence-corrected chi connectivity index (χ3v) is 5.82. The van der Waals surface area contributed by atoms with Crippen molar-refractivity contribution >= 4 is 10.9 Å². The zero-order valence-electron chi connectivity index (χ0n) is 17.1. The van der Waals surface area contributed by atoms with Gasteiger partial charge in [-0.1, -0.05) is 45.4 Å². The lowest BCUT2D eigenvalue weighted by atomic mass is 9.97. The fourth-order valence-corrected chi connectivity index (χ4v) is 4.20. The lowest BCUT2D eigenvalue weighted by molar-refractivity contribution is 0.220. The Hall–Kier alpha value is -1.61. The Morgan fingerprint density at radius 3 is 2.85 bits per heavy atom. The maximum atomic E-state index is 5.44. The van der Waals surface area contributed by atoms with Crippen molar-refractivity contribution < 1.29 is 4.74 Å². The van der Waals surface area contributed by atoms with Gasteiger partial charge in [0, 0.05) is 24.0 Å². The van der Waals surface area contributed by atoms with Gasteiger partial charge in [-0.05, 0) is 62.2 Å². The first-order valence-electron chi connectivity index (χ1n) is 10.8. The number of methoxy groups -OCH3 is 1. The standard InChI is InChI=1S/C24H35N2O/c1-3-4-5-6-9-16-26-17-10-7-8-11-21(26)18-20-14-15-25-24-13-12-22(27-2)19-23(20)24/h12-15,18-19,21H,3-11,16-17H2,1-2H3. The Bertz CT molecular complexity index is 700. The van der Waals surface area contributed by atoms with Gasteiger partial charge in [0.2, 0.25) is 0 Å². The molecule has 1 saturated heterocycles. The summed E-state index contributed by atoms with van der Waals surface area (Å²) in [5.41, 5.74) is 2.34. The van der Waals surface area contributed by atoms with Crippen molar-refractivity contribution in [1.29, 1.82) is 0 Å². The molecule has 0 bridgehead atoms. The number of unbranched alkanes of at least 4 members (excludes halogenated alkanes) is 4. The molecule has 2 aromatic rings. The summed E-state index contributed by atoms with van der Waals surface area (Å²) in [6, 6.07) is 8.87. The van der Waals surface area contributed by atoms with Gasteiger partial charge in [-0.25, -0.2) is 0 Å². The normalized spacial score (nSPS) is 18.5. The zero-order chi connectivity index (χ0) is 18.9. The number of hydrogen-bond acceptors (Lipinski definition) is 3. The number of ether oxygens (including phenoxy) is 1. The number of benzene rings is 1. The molecule has 1 atom stereocenters. The molecule has 1 fully saturated rings. The van der Waals surface area contributed by atoms with Gasteiger partial charge < -0.3 is 4.74 Å². The van der Waals surface area contributed by atoms with Crippen LogP contribution in [0.25, 0.3) is 10.9 Å². The predicted molar refractivity (Wildman–Crippen MR) is 114 cm³/mol. The molecule has 147 valence electrons. The molecule has 0 amide bonds. The maximum absolute atomic E-state index is 5.44. The van der Waals surface area contributed by atoms with E-state index in [2.05, 4.69) is 41.4 Å². The molecule has 0 spiro atoms. The summed E-state index contributed by atoms with van der Waals surface area (Å²) in [5, 5.41) is 1.20. The van der Waals surface area contributed by atoms with Crippen molar-refractivity contribution in [2.24, 2.45) is 0 Å². The monoisotopic (exact) mass is 367 g/mol. The summed E-state index contributed by atoms with van der Waals surface area (Å²) in [4.78, 5) is 7.26. The van der Waals surface area contributed by atoms with Crippen molar-refractivity contribution in [3.05, 3.63) is 42.4 Å². The Balaban J connectivity index is 1.71. The SMILES string of the molecule is CCCCCCCN1CCCCCC1[CH]c1ccnc2ccc(OC)cc12. The topological polar surface area (TPSA) is 25.4 Å². The molecule has 3 heteroatoms. The number of rotatable bonds is 9. The van der Waals surface area contributed by atoms with Crippen molar-refractivity contribution in [2.45, 2.75) is 70.8 Å². The molecule has 0 aliphatic carbocycles. The smallest absolute Gasteiger partial charge is 0.119 e. The highest BCUT2D eigenvalue weighted by atomic mass is 16.5. The summed E-state index contributed by atoms with van der Waals surface area (Å²) < 4.78 is 5.44. The van der Waals surface area contributed by atoms with Gasteiger partial charge in [-0.2, -0.15) is 0 Å². The van der Waals surface area contributed by atoms with Crippen molar-refractivity contribution in [2.75, 3.05) is 20.2 Å². The van der Waals surface area contributed by atoms with Crippen LogP contribution in [0.1, 0.15) is 70.3 Å². The molecule has 1 aliphatic heterocycles. The van der Waals surface area contributed by atoms with Crippen molar-refractivity contribution in [1.82, 2.24) is 9.88 Å². The second-order valence-electron chi connectivity index (χ2n) is 7.82. The largest absolute Gasteiger partial charge is 0.497 e. The van der Waals surface area contributed by atoms with Gasteiger partial charge in [0.15, 0.2) is 0 Å². The van der Waals surface area contributed by atoms with Gasteiger partial charge in [0.25, 0.3) is 0 Å². The second kappa shape index (κ2) is 10.7. The van der Waals surface area contributed by atoms with Gasteiger partial charge in [0.05, 0.1) is 12.6 Å². The number of likely N-dealkylation sites (tertiary alicyclic amines) is 1. The van der Waals surface area contributed by atoms with Crippen LogP contribution in [0.3, 0.4) is 0 Å².